The molecule has 2 heterocycles. The highest BCUT2D eigenvalue weighted by Gasteiger charge is 2.27. The van der Waals surface area contributed by atoms with Crippen LogP contribution >= 0.6 is 0 Å². The van der Waals surface area contributed by atoms with Crippen LogP contribution in [-0.2, 0) is 6.42 Å². The van der Waals surface area contributed by atoms with Crippen LogP contribution in [0.25, 0.3) is 11.4 Å². The molecule has 9 heteroatoms. The maximum Gasteiger partial charge on any atom is 0.305 e. The summed E-state index contributed by atoms with van der Waals surface area (Å²) in [4.78, 5) is 22.2. The van der Waals surface area contributed by atoms with Gasteiger partial charge in [0, 0.05) is 36.6 Å². The molecular weight excluding hydrogens is 334 g/mol. The van der Waals surface area contributed by atoms with Gasteiger partial charge in [-0.05, 0) is 25.0 Å². The predicted octanol–water partition coefficient (Wildman–Crippen LogP) is 1.71. The largest absolute Gasteiger partial charge is 0.398 e. The topological polar surface area (TPSA) is 150 Å². The number of nitrogen functional groups attached to an aromatic ring is 2. The van der Waals surface area contributed by atoms with Crippen molar-refractivity contribution < 1.29 is 4.92 Å². The SMILES string of the molecule is CCCc1cc(N2CCC(N)C2)nc(-c2c(N)ccc(N)c2[N+](=O)[O-])n1. The molecule has 1 aromatic carbocycles. The lowest BCUT2D eigenvalue weighted by Crippen LogP contribution is -2.27. The summed E-state index contributed by atoms with van der Waals surface area (Å²) in [7, 11) is 0. The fraction of sp³-hybridized carbons (Fsp3) is 0.412. The van der Waals surface area contributed by atoms with Gasteiger partial charge < -0.3 is 22.1 Å². The molecule has 1 saturated heterocycles. The van der Waals surface area contributed by atoms with Crippen molar-refractivity contribution in [3.8, 4) is 11.4 Å². The van der Waals surface area contributed by atoms with Crippen LogP contribution in [0.3, 0.4) is 0 Å². The summed E-state index contributed by atoms with van der Waals surface area (Å²) < 4.78 is 0. The van der Waals surface area contributed by atoms with E-state index in [9.17, 15) is 10.1 Å². The quantitative estimate of drug-likeness (QED) is 0.415. The third-order valence-corrected chi connectivity index (χ3v) is 4.47. The molecule has 26 heavy (non-hydrogen) atoms. The maximum atomic E-state index is 11.6. The number of nitro benzene ring substituents is 1. The van der Waals surface area contributed by atoms with Gasteiger partial charge in [0.15, 0.2) is 5.82 Å². The summed E-state index contributed by atoms with van der Waals surface area (Å²) in [5.74, 6) is 0.936. The first-order chi connectivity index (χ1) is 12.4. The third-order valence-electron chi connectivity index (χ3n) is 4.47. The first-order valence-electron chi connectivity index (χ1n) is 8.62. The summed E-state index contributed by atoms with van der Waals surface area (Å²) in [6, 6.07) is 4.97. The number of nitrogens with zero attached hydrogens (tertiary/aromatic N) is 4. The monoisotopic (exact) mass is 357 g/mol. The normalized spacial score (nSPS) is 16.8. The molecular formula is C17H23N7O2. The van der Waals surface area contributed by atoms with Crippen molar-refractivity contribution in [2.45, 2.75) is 32.2 Å². The van der Waals surface area contributed by atoms with Crippen LogP contribution in [0.15, 0.2) is 18.2 Å². The first-order valence-corrected chi connectivity index (χ1v) is 8.62. The van der Waals surface area contributed by atoms with Crippen LogP contribution < -0.4 is 22.1 Å². The molecule has 1 atom stereocenters. The van der Waals surface area contributed by atoms with Crippen molar-refractivity contribution >= 4 is 22.9 Å². The van der Waals surface area contributed by atoms with Crippen LogP contribution in [0.4, 0.5) is 22.9 Å². The number of hydrogen-bond donors (Lipinski definition) is 3. The zero-order valence-corrected chi connectivity index (χ0v) is 14.7. The molecule has 3 rings (SSSR count). The number of aromatic nitrogens is 2. The third kappa shape index (κ3) is 3.38. The van der Waals surface area contributed by atoms with Gasteiger partial charge in [-0.3, -0.25) is 10.1 Å². The summed E-state index contributed by atoms with van der Waals surface area (Å²) >= 11 is 0. The lowest BCUT2D eigenvalue weighted by atomic mass is 10.1. The van der Waals surface area contributed by atoms with Gasteiger partial charge >= 0.3 is 5.69 Å². The summed E-state index contributed by atoms with van der Waals surface area (Å²) in [5.41, 5.74) is 18.8. The average molecular weight is 357 g/mol. The van der Waals surface area contributed by atoms with E-state index in [1.807, 2.05) is 13.0 Å². The van der Waals surface area contributed by atoms with E-state index in [-0.39, 0.29) is 34.5 Å². The van der Waals surface area contributed by atoms with Crippen molar-refractivity contribution in [1.82, 2.24) is 9.97 Å². The number of rotatable bonds is 5. The fourth-order valence-electron chi connectivity index (χ4n) is 3.19. The van der Waals surface area contributed by atoms with Crippen LogP contribution in [0.1, 0.15) is 25.5 Å². The van der Waals surface area contributed by atoms with Crippen LogP contribution in [0.5, 0.6) is 0 Å². The molecule has 1 aliphatic rings. The van der Waals surface area contributed by atoms with Crippen LogP contribution in [-0.4, -0.2) is 34.0 Å². The summed E-state index contributed by atoms with van der Waals surface area (Å²) in [6.45, 7) is 3.53. The molecule has 0 spiro atoms. The molecule has 1 fully saturated rings. The lowest BCUT2D eigenvalue weighted by Gasteiger charge is -2.19. The maximum absolute atomic E-state index is 11.6. The highest BCUT2D eigenvalue weighted by atomic mass is 16.6. The highest BCUT2D eigenvalue weighted by molar-refractivity contribution is 5.87. The van der Waals surface area contributed by atoms with E-state index < -0.39 is 4.92 Å². The second kappa shape index (κ2) is 7.12. The zero-order valence-electron chi connectivity index (χ0n) is 14.7. The Kier molecular flexibility index (Phi) is 4.90. The molecule has 1 aliphatic heterocycles. The van der Waals surface area contributed by atoms with Crippen molar-refractivity contribution in [3.63, 3.8) is 0 Å². The predicted molar refractivity (Wildman–Crippen MR) is 102 cm³/mol. The number of hydrogen-bond acceptors (Lipinski definition) is 8. The molecule has 2 aromatic rings. The minimum absolute atomic E-state index is 0.0356. The van der Waals surface area contributed by atoms with Gasteiger partial charge in [-0.15, -0.1) is 0 Å². The average Bonchev–Trinajstić information content (AvgIpc) is 3.03. The van der Waals surface area contributed by atoms with Gasteiger partial charge in [0.2, 0.25) is 0 Å². The van der Waals surface area contributed by atoms with Crippen molar-refractivity contribution in [3.05, 3.63) is 34.0 Å². The molecule has 138 valence electrons. The van der Waals surface area contributed by atoms with E-state index in [1.165, 1.54) is 6.07 Å². The molecule has 1 unspecified atom stereocenters. The van der Waals surface area contributed by atoms with Gasteiger partial charge in [0.05, 0.1) is 4.92 Å². The van der Waals surface area contributed by atoms with E-state index in [0.29, 0.717) is 12.4 Å². The van der Waals surface area contributed by atoms with E-state index in [4.69, 9.17) is 17.2 Å². The Morgan fingerprint density at radius 3 is 2.65 bits per heavy atom. The summed E-state index contributed by atoms with van der Waals surface area (Å²) in [5, 5.41) is 11.6. The molecule has 0 bridgehead atoms. The molecule has 1 aromatic heterocycles. The Hall–Kier alpha value is -2.94. The Bertz CT molecular complexity index is 840. The van der Waals surface area contributed by atoms with Crippen molar-refractivity contribution in [2.24, 2.45) is 5.73 Å². The van der Waals surface area contributed by atoms with Crippen LogP contribution in [0.2, 0.25) is 0 Å². The minimum Gasteiger partial charge on any atom is -0.398 e. The van der Waals surface area contributed by atoms with E-state index >= 15 is 0 Å². The highest BCUT2D eigenvalue weighted by Crippen LogP contribution is 2.38. The summed E-state index contributed by atoms with van der Waals surface area (Å²) in [6.07, 6.45) is 2.51. The molecule has 0 aliphatic carbocycles. The molecule has 0 radical (unpaired) electrons. The molecule has 0 amide bonds. The Balaban J connectivity index is 2.17. The van der Waals surface area contributed by atoms with Gasteiger partial charge in [-0.1, -0.05) is 13.3 Å². The van der Waals surface area contributed by atoms with Gasteiger partial charge in [-0.25, -0.2) is 9.97 Å². The Labute approximate surface area is 151 Å². The standard InChI is InChI=1S/C17H23N7O2/c1-2-3-11-8-14(23-7-6-10(18)9-23)22-17(21-11)15-12(19)4-5-13(20)16(15)24(25)26/h4-5,8,10H,2-3,6-7,9,18-20H2,1H3. The second-order valence-corrected chi connectivity index (χ2v) is 6.51. The number of nitrogens with two attached hydrogens (primary N) is 3. The number of anilines is 3. The number of benzene rings is 1. The smallest absolute Gasteiger partial charge is 0.305 e. The Morgan fingerprint density at radius 1 is 1.31 bits per heavy atom. The number of nitro groups is 1. The molecule has 9 nitrogen and oxygen atoms in total. The first kappa shape index (κ1) is 17.9. The van der Waals surface area contributed by atoms with Crippen LogP contribution in [0, 0.1) is 10.1 Å². The van der Waals surface area contributed by atoms with Gasteiger partial charge in [-0.2, -0.15) is 0 Å². The Morgan fingerprint density at radius 2 is 2.04 bits per heavy atom. The van der Waals surface area contributed by atoms with E-state index in [1.54, 1.807) is 6.07 Å². The molecule has 6 N–H and O–H groups in total. The lowest BCUT2D eigenvalue weighted by molar-refractivity contribution is -0.383. The molecule has 0 saturated carbocycles. The van der Waals surface area contributed by atoms with E-state index in [0.717, 1.165) is 31.5 Å². The van der Waals surface area contributed by atoms with Crippen molar-refractivity contribution in [2.75, 3.05) is 29.5 Å². The minimum atomic E-state index is -0.539. The van der Waals surface area contributed by atoms with Gasteiger partial charge in [0.1, 0.15) is 17.1 Å². The second-order valence-electron chi connectivity index (χ2n) is 6.51. The zero-order chi connectivity index (χ0) is 18.8. The van der Waals surface area contributed by atoms with Crippen molar-refractivity contribution in [1.29, 1.82) is 0 Å². The van der Waals surface area contributed by atoms with Gasteiger partial charge in [0.25, 0.3) is 0 Å². The number of aryl methyl sites for hydroxylation is 1. The van der Waals surface area contributed by atoms with E-state index in [2.05, 4.69) is 14.9 Å². The fourth-order valence-corrected chi connectivity index (χ4v) is 3.19.